The number of anilines is 1. The van der Waals surface area contributed by atoms with E-state index in [4.69, 9.17) is 5.73 Å². The van der Waals surface area contributed by atoms with Gasteiger partial charge >= 0.3 is 0 Å². The van der Waals surface area contributed by atoms with E-state index >= 15 is 0 Å². The van der Waals surface area contributed by atoms with E-state index in [2.05, 4.69) is 12.1 Å². The first kappa shape index (κ1) is 8.92. The van der Waals surface area contributed by atoms with Crippen LogP contribution in [0.2, 0.25) is 0 Å². The highest BCUT2D eigenvalue weighted by Crippen LogP contribution is 2.44. The molecule has 3 nitrogen and oxygen atoms in total. The molecule has 1 aromatic rings. The van der Waals surface area contributed by atoms with E-state index in [1.807, 2.05) is 13.1 Å². The molecule has 1 aliphatic carbocycles. The van der Waals surface area contributed by atoms with Gasteiger partial charge in [0.1, 0.15) is 0 Å². The maximum atomic E-state index is 11.5. The first-order chi connectivity index (χ1) is 7.10. The maximum absolute atomic E-state index is 11.5. The number of hydrogen-bond donors (Lipinski definition) is 1. The molecule has 2 aliphatic rings. The summed E-state index contributed by atoms with van der Waals surface area (Å²) in [6.45, 7) is 0. The van der Waals surface area contributed by atoms with Crippen molar-refractivity contribution in [1.82, 2.24) is 0 Å². The molecule has 1 aromatic carbocycles. The quantitative estimate of drug-likeness (QED) is 0.742. The largest absolute Gasteiger partial charge is 0.321 e. The van der Waals surface area contributed by atoms with Gasteiger partial charge in [0.25, 0.3) is 0 Å². The molecule has 1 saturated carbocycles. The lowest BCUT2D eigenvalue weighted by Gasteiger charge is -2.13. The minimum Gasteiger partial charge on any atom is -0.321 e. The molecule has 0 radical (unpaired) electrons. The third-order valence-corrected chi connectivity index (χ3v) is 3.52. The van der Waals surface area contributed by atoms with Crippen LogP contribution in [-0.4, -0.2) is 13.0 Å². The van der Waals surface area contributed by atoms with Gasteiger partial charge in [-0.05, 0) is 30.0 Å². The van der Waals surface area contributed by atoms with Gasteiger partial charge in [-0.15, -0.1) is 0 Å². The number of hydrogen-bond acceptors (Lipinski definition) is 2. The van der Waals surface area contributed by atoms with Crippen molar-refractivity contribution >= 4 is 11.6 Å². The van der Waals surface area contributed by atoms with Gasteiger partial charge in [0, 0.05) is 18.3 Å². The normalized spacial score (nSPS) is 21.7. The minimum atomic E-state index is -0.0980. The average molecular weight is 202 g/mol. The van der Waals surface area contributed by atoms with Crippen LogP contribution in [0.4, 0.5) is 5.69 Å². The zero-order chi connectivity index (χ0) is 10.6. The predicted molar refractivity (Wildman–Crippen MR) is 58.7 cm³/mol. The predicted octanol–water partition coefficient (Wildman–Crippen LogP) is 1.15. The van der Waals surface area contributed by atoms with Gasteiger partial charge < -0.3 is 10.6 Å². The van der Waals surface area contributed by atoms with E-state index in [1.165, 1.54) is 5.56 Å². The fraction of sp³-hybridized carbons (Fsp3) is 0.417. The Morgan fingerprint density at radius 2 is 2.13 bits per heavy atom. The van der Waals surface area contributed by atoms with Gasteiger partial charge in [-0.3, -0.25) is 4.79 Å². The van der Waals surface area contributed by atoms with Crippen molar-refractivity contribution in [2.75, 3.05) is 11.9 Å². The number of rotatable bonds is 1. The zero-order valence-electron chi connectivity index (χ0n) is 8.79. The molecule has 15 heavy (non-hydrogen) atoms. The Hall–Kier alpha value is -1.35. The van der Waals surface area contributed by atoms with Crippen LogP contribution in [0.5, 0.6) is 0 Å². The second kappa shape index (κ2) is 2.61. The Morgan fingerprint density at radius 1 is 1.40 bits per heavy atom. The average Bonchev–Trinajstić information content (AvgIpc) is 2.90. The first-order valence-corrected chi connectivity index (χ1v) is 5.29. The van der Waals surface area contributed by atoms with Crippen LogP contribution in [0, 0.1) is 0 Å². The number of amides is 1. The summed E-state index contributed by atoms with van der Waals surface area (Å²) in [5, 5.41) is 0. The summed E-state index contributed by atoms with van der Waals surface area (Å²) in [5.74, 6) is 0.170. The Kier molecular flexibility index (Phi) is 1.55. The summed E-state index contributed by atoms with van der Waals surface area (Å²) in [4.78, 5) is 13.2. The van der Waals surface area contributed by atoms with Gasteiger partial charge in [-0.2, -0.15) is 0 Å². The van der Waals surface area contributed by atoms with Crippen LogP contribution in [0.3, 0.4) is 0 Å². The van der Waals surface area contributed by atoms with E-state index in [1.54, 1.807) is 4.90 Å². The van der Waals surface area contributed by atoms with Crippen LogP contribution in [0.1, 0.15) is 24.0 Å². The molecule has 1 fully saturated rings. The molecule has 0 unspecified atom stereocenters. The summed E-state index contributed by atoms with van der Waals surface area (Å²) < 4.78 is 0. The van der Waals surface area contributed by atoms with Crippen LogP contribution in [0.25, 0.3) is 0 Å². The Bertz CT molecular complexity index is 449. The minimum absolute atomic E-state index is 0.0980. The van der Waals surface area contributed by atoms with Gasteiger partial charge in [0.2, 0.25) is 5.91 Å². The molecule has 0 bridgehead atoms. The number of nitrogens with zero attached hydrogens (tertiary/aromatic N) is 1. The molecular weight excluding hydrogens is 188 g/mol. The van der Waals surface area contributed by atoms with Crippen molar-refractivity contribution in [3.05, 3.63) is 29.3 Å². The van der Waals surface area contributed by atoms with Crippen LogP contribution in [-0.2, 0) is 16.8 Å². The fourth-order valence-electron chi connectivity index (χ4n) is 2.20. The highest BCUT2D eigenvalue weighted by Gasteiger charge is 2.40. The number of carbonyl (C=O) groups excluding carboxylic acids is 1. The van der Waals surface area contributed by atoms with E-state index in [0.29, 0.717) is 6.42 Å². The molecule has 0 spiro atoms. The first-order valence-electron chi connectivity index (χ1n) is 5.29. The van der Waals surface area contributed by atoms with Gasteiger partial charge in [-0.1, -0.05) is 12.1 Å². The van der Waals surface area contributed by atoms with Crippen LogP contribution >= 0.6 is 0 Å². The van der Waals surface area contributed by atoms with Crippen molar-refractivity contribution in [3.8, 4) is 0 Å². The Labute approximate surface area is 88.9 Å². The molecule has 3 rings (SSSR count). The molecule has 1 aliphatic heterocycles. The van der Waals surface area contributed by atoms with E-state index in [9.17, 15) is 4.79 Å². The number of benzene rings is 1. The molecule has 1 heterocycles. The summed E-state index contributed by atoms with van der Waals surface area (Å²) >= 11 is 0. The number of fused-ring (bicyclic) bond motifs is 1. The summed E-state index contributed by atoms with van der Waals surface area (Å²) in [5.41, 5.74) is 9.38. The van der Waals surface area contributed by atoms with E-state index in [0.717, 1.165) is 24.1 Å². The molecular formula is C12H14N2O. The summed E-state index contributed by atoms with van der Waals surface area (Å²) in [7, 11) is 1.82. The number of likely N-dealkylation sites (N-methyl/N-ethyl adjacent to an activating group) is 1. The molecule has 0 aromatic heterocycles. The summed E-state index contributed by atoms with van der Waals surface area (Å²) in [6, 6.07) is 6.17. The van der Waals surface area contributed by atoms with E-state index < -0.39 is 0 Å². The molecule has 78 valence electrons. The van der Waals surface area contributed by atoms with Crippen molar-refractivity contribution in [2.45, 2.75) is 24.8 Å². The molecule has 0 saturated heterocycles. The van der Waals surface area contributed by atoms with Crippen molar-refractivity contribution in [3.63, 3.8) is 0 Å². The smallest absolute Gasteiger partial charge is 0.231 e. The second-order valence-corrected chi connectivity index (χ2v) is 4.63. The Morgan fingerprint density at radius 3 is 2.80 bits per heavy atom. The van der Waals surface area contributed by atoms with Gasteiger partial charge in [0.05, 0.1) is 6.42 Å². The zero-order valence-corrected chi connectivity index (χ0v) is 8.79. The maximum Gasteiger partial charge on any atom is 0.231 e. The lowest BCUT2D eigenvalue weighted by atomic mass is 10.0. The Balaban J connectivity index is 2.05. The lowest BCUT2D eigenvalue weighted by Crippen LogP contribution is -2.20. The highest BCUT2D eigenvalue weighted by atomic mass is 16.2. The summed E-state index contributed by atoms with van der Waals surface area (Å²) in [6.07, 6.45) is 2.65. The van der Waals surface area contributed by atoms with Crippen molar-refractivity contribution in [2.24, 2.45) is 5.73 Å². The van der Waals surface area contributed by atoms with E-state index in [-0.39, 0.29) is 11.4 Å². The standard InChI is InChI=1S/C12H14N2O/c1-14-10-3-2-9(12(13)4-5-12)6-8(10)7-11(14)15/h2-3,6H,4-5,7,13H2,1H3. The fourth-order valence-corrected chi connectivity index (χ4v) is 2.20. The molecule has 0 atom stereocenters. The lowest BCUT2D eigenvalue weighted by molar-refractivity contribution is -0.117. The van der Waals surface area contributed by atoms with Crippen LogP contribution in [0.15, 0.2) is 18.2 Å². The monoisotopic (exact) mass is 202 g/mol. The second-order valence-electron chi connectivity index (χ2n) is 4.63. The van der Waals surface area contributed by atoms with Crippen molar-refractivity contribution < 1.29 is 4.79 Å². The highest BCUT2D eigenvalue weighted by molar-refractivity contribution is 6.00. The third kappa shape index (κ3) is 1.20. The topological polar surface area (TPSA) is 46.3 Å². The molecule has 2 N–H and O–H groups in total. The third-order valence-electron chi connectivity index (χ3n) is 3.52. The van der Waals surface area contributed by atoms with Gasteiger partial charge in [0.15, 0.2) is 0 Å². The number of carbonyl (C=O) groups is 1. The molecule has 3 heteroatoms. The van der Waals surface area contributed by atoms with Crippen molar-refractivity contribution in [1.29, 1.82) is 0 Å². The van der Waals surface area contributed by atoms with Gasteiger partial charge in [-0.25, -0.2) is 0 Å². The SMILES string of the molecule is CN1C(=O)Cc2cc(C3(N)CC3)ccc21. The molecule has 1 amide bonds. The number of nitrogens with two attached hydrogens (primary N) is 1. The van der Waals surface area contributed by atoms with Crippen LogP contribution < -0.4 is 10.6 Å².